The maximum atomic E-state index is 11.3. The monoisotopic (exact) mass is 430 g/mol. The Balaban J connectivity index is 2.46. The van der Waals surface area contributed by atoms with Gasteiger partial charge in [0, 0.05) is 11.6 Å². The van der Waals surface area contributed by atoms with Crippen molar-refractivity contribution in [2.75, 3.05) is 20.8 Å². The van der Waals surface area contributed by atoms with E-state index >= 15 is 0 Å². The fourth-order valence-corrected chi connectivity index (χ4v) is 2.71. The zero-order valence-electron chi connectivity index (χ0n) is 19.0. The lowest BCUT2D eigenvalue weighted by atomic mass is 10.1. The van der Waals surface area contributed by atoms with Crippen LogP contribution in [0.1, 0.15) is 51.5 Å². The van der Waals surface area contributed by atoms with Crippen LogP contribution in [-0.2, 0) is 19.1 Å². The molecule has 0 amide bonds. The molecule has 0 aromatic heterocycles. The highest BCUT2D eigenvalue weighted by molar-refractivity contribution is 5.87. The maximum Gasteiger partial charge on any atom is 0.333 e. The summed E-state index contributed by atoms with van der Waals surface area (Å²) in [5.41, 5.74) is 1.23. The number of hydrogen-bond acceptors (Lipinski definition) is 6. The van der Waals surface area contributed by atoms with Gasteiger partial charge >= 0.3 is 11.9 Å². The topological polar surface area (TPSA) is 71.1 Å². The van der Waals surface area contributed by atoms with Crippen LogP contribution in [0, 0.1) is 0 Å². The van der Waals surface area contributed by atoms with E-state index < -0.39 is 5.97 Å². The second-order valence-electron chi connectivity index (χ2n) is 7.05. The lowest BCUT2D eigenvalue weighted by Gasteiger charge is -2.19. The number of hydrogen-bond donors (Lipinski definition) is 0. The van der Waals surface area contributed by atoms with Gasteiger partial charge in [0.1, 0.15) is 6.61 Å². The van der Waals surface area contributed by atoms with E-state index in [4.69, 9.17) is 14.2 Å². The fourth-order valence-electron chi connectivity index (χ4n) is 2.71. The minimum atomic E-state index is -0.409. The molecule has 31 heavy (non-hydrogen) atoms. The van der Waals surface area contributed by atoms with E-state index in [2.05, 4.69) is 18.2 Å². The van der Waals surface area contributed by atoms with Crippen molar-refractivity contribution in [2.24, 2.45) is 0 Å². The predicted molar refractivity (Wildman–Crippen MR) is 122 cm³/mol. The van der Waals surface area contributed by atoms with Gasteiger partial charge in [0.05, 0.1) is 20.3 Å². The van der Waals surface area contributed by atoms with E-state index in [1.807, 2.05) is 30.4 Å². The predicted octanol–water partition coefficient (Wildman–Crippen LogP) is 5.27. The molecule has 0 saturated carbocycles. The van der Waals surface area contributed by atoms with Crippen LogP contribution in [0.15, 0.2) is 48.6 Å². The van der Waals surface area contributed by atoms with Crippen LogP contribution >= 0.6 is 0 Å². The zero-order chi connectivity index (χ0) is 23.1. The van der Waals surface area contributed by atoms with Gasteiger partial charge in [-0.05, 0) is 62.8 Å². The van der Waals surface area contributed by atoms with Crippen molar-refractivity contribution in [3.8, 4) is 11.5 Å². The van der Waals surface area contributed by atoms with Gasteiger partial charge in [0.2, 0.25) is 0 Å². The van der Waals surface area contributed by atoms with Crippen LogP contribution in [0.5, 0.6) is 11.5 Å². The highest BCUT2D eigenvalue weighted by Gasteiger charge is 2.12. The molecule has 170 valence electrons. The molecule has 0 saturated heterocycles. The average molecular weight is 431 g/mol. The summed E-state index contributed by atoms with van der Waals surface area (Å²) in [6.07, 6.45) is 11.8. The van der Waals surface area contributed by atoms with Crippen molar-refractivity contribution in [1.29, 1.82) is 0 Å². The van der Waals surface area contributed by atoms with E-state index in [0.29, 0.717) is 17.1 Å². The summed E-state index contributed by atoms with van der Waals surface area (Å²) in [6, 6.07) is 5.55. The molecule has 1 unspecified atom stereocenters. The van der Waals surface area contributed by atoms with Gasteiger partial charge in [-0.15, -0.1) is 0 Å². The first kappa shape index (κ1) is 26.0. The van der Waals surface area contributed by atoms with Crippen molar-refractivity contribution < 1.29 is 28.5 Å². The van der Waals surface area contributed by atoms with Gasteiger partial charge in [0.25, 0.3) is 0 Å². The van der Waals surface area contributed by atoms with E-state index in [9.17, 15) is 9.59 Å². The molecule has 0 fully saturated rings. The third-order valence-corrected chi connectivity index (χ3v) is 4.52. The summed E-state index contributed by atoms with van der Waals surface area (Å²) < 4.78 is 21.2. The average Bonchev–Trinajstić information content (AvgIpc) is 2.78. The molecule has 0 heterocycles. The third kappa shape index (κ3) is 10.5. The van der Waals surface area contributed by atoms with E-state index in [0.717, 1.165) is 37.7 Å². The molecular formula is C25H34O6. The van der Waals surface area contributed by atoms with Crippen LogP contribution in [0.3, 0.4) is 0 Å². The minimum absolute atomic E-state index is 0.0888. The van der Waals surface area contributed by atoms with E-state index in [-0.39, 0.29) is 18.7 Å². The number of carbonyl (C=O) groups is 2. The molecule has 0 aliphatic heterocycles. The smallest absolute Gasteiger partial charge is 0.333 e. The Bertz CT molecular complexity index is 778. The van der Waals surface area contributed by atoms with Crippen LogP contribution < -0.4 is 9.47 Å². The van der Waals surface area contributed by atoms with Crippen LogP contribution in [0.2, 0.25) is 0 Å². The van der Waals surface area contributed by atoms with Gasteiger partial charge in [-0.25, -0.2) is 9.59 Å². The first-order valence-corrected chi connectivity index (χ1v) is 10.5. The van der Waals surface area contributed by atoms with Gasteiger partial charge in [-0.2, -0.15) is 0 Å². The molecule has 0 aliphatic carbocycles. The van der Waals surface area contributed by atoms with E-state index in [1.165, 1.54) is 13.2 Å². The Morgan fingerprint density at radius 1 is 1.13 bits per heavy atom. The molecule has 0 spiro atoms. The van der Waals surface area contributed by atoms with Crippen molar-refractivity contribution in [3.63, 3.8) is 0 Å². The second kappa shape index (κ2) is 14.9. The summed E-state index contributed by atoms with van der Waals surface area (Å²) >= 11 is 0. The number of esters is 2. The zero-order valence-corrected chi connectivity index (χ0v) is 19.0. The summed E-state index contributed by atoms with van der Waals surface area (Å²) in [4.78, 5) is 22.5. The molecule has 0 N–H and O–H groups in total. The SMILES string of the molecule is C=C(C)C(=O)OCC=CCCCCC(CC)Oc1ccc(C=CC(=O)OC)cc1OC. The molecule has 0 bridgehead atoms. The molecule has 0 radical (unpaired) electrons. The highest BCUT2D eigenvalue weighted by atomic mass is 16.5. The van der Waals surface area contributed by atoms with Crippen LogP contribution in [0.4, 0.5) is 0 Å². The Labute approximate surface area is 185 Å². The van der Waals surface area contributed by atoms with Crippen LogP contribution in [-0.4, -0.2) is 38.9 Å². The van der Waals surface area contributed by atoms with E-state index in [1.54, 1.807) is 20.1 Å². The Morgan fingerprint density at radius 3 is 2.55 bits per heavy atom. The number of methoxy groups -OCH3 is 2. The normalized spacial score (nSPS) is 12.0. The maximum absolute atomic E-state index is 11.3. The van der Waals surface area contributed by atoms with Crippen molar-refractivity contribution in [1.82, 2.24) is 0 Å². The molecule has 1 aromatic carbocycles. The summed E-state index contributed by atoms with van der Waals surface area (Å²) in [5.74, 6) is 0.532. The van der Waals surface area contributed by atoms with Gasteiger partial charge in [-0.3, -0.25) is 0 Å². The number of carbonyl (C=O) groups excluding carboxylic acids is 2. The van der Waals surface area contributed by atoms with Crippen molar-refractivity contribution >= 4 is 18.0 Å². The quantitative estimate of drug-likeness (QED) is 0.173. The summed E-state index contributed by atoms with van der Waals surface area (Å²) in [7, 11) is 2.93. The highest BCUT2D eigenvalue weighted by Crippen LogP contribution is 2.30. The van der Waals surface area contributed by atoms with Crippen molar-refractivity contribution in [3.05, 3.63) is 54.1 Å². The first-order chi connectivity index (χ1) is 14.9. The molecule has 1 atom stereocenters. The van der Waals surface area contributed by atoms with Gasteiger partial charge in [0.15, 0.2) is 11.5 Å². The lowest BCUT2D eigenvalue weighted by molar-refractivity contribution is -0.137. The third-order valence-electron chi connectivity index (χ3n) is 4.52. The summed E-state index contributed by atoms with van der Waals surface area (Å²) in [5, 5.41) is 0. The Kier molecular flexibility index (Phi) is 12.5. The number of ether oxygens (including phenoxy) is 4. The summed E-state index contributed by atoms with van der Waals surface area (Å²) in [6.45, 7) is 7.55. The second-order valence-corrected chi connectivity index (χ2v) is 7.05. The Hall–Kier alpha value is -3.02. The molecule has 0 aliphatic rings. The molecular weight excluding hydrogens is 396 g/mol. The van der Waals surface area contributed by atoms with Gasteiger partial charge in [-0.1, -0.05) is 31.7 Å². The molecule has 6 nitrogen and oxygen atoms in total. The standard InChI is InChI=1S/C25H34O6/c1-6-21(12-10-8-7-9-11-17-30-25(27)19(2)3)31-22-15-13-20(18-23(22)28-4)14-16-24(26)29-5/h9,11,13-16,18,21H,2,6-8,10,12,17H2,1,3-5H3. The van der Waals surface area contributed by atoms with Crippen molar-refractivity contribution in [2.45, 2.75) is 52.1 Å². The minimum Gasteiger partial charge on any atom is -0.493 e. The fraction of sp³-hybridized carbons (Fsp3) is 0.440. The lowest BCUT2D eigenvalue weighted by Crippen LogP contribution is -2.15. The molecule has 6 heteroatoms. The Morgan fingerprint density at radius 2 is 1.90 bits per heavy atom. The number of allylic oxidation sites excluding steroid dienone is 1. The number of benzene rings is 1. The van der Waals surface area contributed by atoms with Crippen LogP contribution in [0.25, 0.3) is 6.08 Å². The molecule has 1 aromatic rings. The first-order valence-electron chi connectivity index (χ1n) is 10.5. The number of unbranched alkanes of at least 4 members (excludes halogenated alkanes) is 2. The molecule has 1 rings (SSSR count). The van der Waals surface area contributed by atoms with Gasteiger partial charge < -0.3 is 18.9 Å². The number of rotatable bonds is 14. The largest absolute Gasteiger partial charge is 0.493 e.